The van der Waals surface area contributed by atoms with Crippen molar-refractivity contribution in [3.8, 4) is 22.5 Å². The Labute approximate surface area is 191 Å². The summed E-state index contributed by atoms with van der Waals surface area (Å²) < 4.78 is 1.88. The number of hydrogen-bond acceptors (Lipinski definition) is 6. The van der Waals surface area contributed by atoms with E-state index in [4.69, 9.17) is 0 Å². The standard InChI is InChI=1S/C24H27N7O2/c1-24(2,3)20(12-13-21(32)33)23-25-15-26-31(23)14-16-8-10-17(11-9-16)18-6-4-5-7-19(18)22-27-29-30-28-22/h4-11,15,20H,12-14H2,1-3H3,(H,32,33)(H,27,28,29,30). The van der Waals surface area contributed by atoms with Gasteiger partial charge in [-0.25, -0.2) is 14.8 Å². The molecule has 2 N–H and O–H groups in total. The van der Waals surface area contributed by atoms with Gasteiger partial charge in [-0.15, -0.1) is 5.10 Å². The van der Waals surface area contributed by atoms with Gasteiger partial charge < -0.3 is 5.11 Å². The minimum absolute atomic E-state index is 0.0160. The Morgan fingerprint density at radius 1 is 1.09 bits per heavy atom. The second kappa shape index (κ2) is 9.32. The van der Waals surface area contributed by atoms with Crippen LogP contribution in [0.2, 0.25) is 0 Å². The van der Waals surface area contributed by atoms with Gasteiger partial charge in [-0.1, -0.05) is 69.3 Å². The van der Waals surface area contributed by atoms with Gasteiger partial charge in [-0.2, -0.15) is 5.10 Å². The van der Waals surface area contributed by atoms with Crippen LogP contribution in [0.3, 0.4) is 0 Å². The molecule has 0 radical (unpaired) electrons. The largest absolute Gasteiger partial charge is 0.481 e. The predicted molar refractivity (Wildman–Crippen MR) is 123 cm³/mol. The lowest BCUT2D eigenvalue weighted by Crippen LogP contribution is -2.24. The van der Waals surface area contributed by atoms with E-state index < -0.39 is 5.97 Å². The smallest absolute Gasteiger partial charge is 0.303 e. The maximum atomic E-state index is 11.2. The fourth-order valence-electron chi connectivity index (χ4n) is 4.06. The zero-order chi connectivity index (χ0) is 23.4. The first-order valence-corrected chi connectivity index (χ1v) is 10.8. The third-order valence-electron chi connectivity index (χ3n) is 5.77. The maximum Gasteiger partial charge on any atom is 0.303 e. The van der Waals surface area contributed by atoms with Crippen molar-refractivity contribution < 1.29 is 9.90 Å². The van der Waals surface area contributed by atoms with Gasteiger partial charge in [-0.05, 0) is 39.0 Å². The van der Waals surface area contributed by atoms with Crippen molar-refractivity contribution >= 4 is 5.97 Å². The van der Waals surface area contributed by atoms with Gasteiger partial charge in [0.15, 0.2) is 5.82 Å². The first-order valence-electron chi connectivity index (χ1n) is 10.8. The predicted octanol–water partition coefficient (Wildman–Crippen LogP) is 4.17. The molecule has 0 bridgehead atoms. The maximum absolute atomic E-state index is 11.2. The van der Waals surface area contributed by atoms with Crippen molar-refractivity contribution in [3.05, 3.63) is 66.2 Å². The van der Waals surface area contributed by atoms with Gasteiger partial charge in [0.1, 0.15) is 12.2 Å². The second-order valence-corrected chi connectivity index (χ2v) is 9.12. The molecule has 9 heteroatoms. The SMILES string of the molecule is CC(C)(C)C(CCC(=O)O)c1ncnn1Cc1ccc(-c2ccccc2-c2nnn[nH]2)cc1. The topological polar surface area (TPSA) is 122 Å². The van der Waals surface area contributed by atoms with Crippen molar-refractivity contribution in [2.75, 3.05) is 0 Å². The molecule has 9 nitrogen and oxygen atoms in total. The first-order chi connectivity index (χ1) is 15.8. The fraction of sp³-hybridized carbons (Fsp3) is 0.333. The number of hydrogen-bond donors (Lipinski definition) is 2. The Morgan fingerprint density at radius 3 is 2.45 bits per heavy atom. The molecule has 170 valence electrons. The van der Waals surface area contributed by atoms with E-state index in [1.807, 2.05) is 28.9 Å². The highest BCUT2D eigenvalue weighted by molar-refractivity contribution is 5.80. The van der Waals surface area contributed by atoms with Crippen LogP contribution >= 0.6 is 0 Å². The summed E-state index contributed by atoms with van der Waals surface area (Å²) >= 11 is 0. The molecule has 0 aliphatic carbocycles. The third kappa shape index (κ3) is 5.14. The van der Waals surface area contributed by atoms with Gasteiger partial charge in [0.2, 0.25) is 0 Å². The van der Waals surface area contributed by atoms with Crippen molar-refractivity contribution in [1.82, 2.24) is 35.4 Å². The van der Waals surface area contributed by atoms with Crippen LogP contribution in [0.1, 0.15) is 50.9 Å². The van der Waals surface area contributed by atoms with E-state index in [2.05, 4.69) is 75.7 Å². The minimum atomic E-state index is -0.799. The lowest BCUT2D eigenvalue weighted by Gasteiger charge is -2.30. The molecule has 0 fully saturated rings. The van der Waals surface area contributed by atoms with E-state index in [1.54, 1.807) is 6.33 Å². The number of aliphatic carboxylic acids is 1. The van der Waals surface area contributed by atoms with Crippen LogP contribution in [0, 0.1) is 5.41 Å². The van der Waals surface area contributed by atoms with Crippen LogP contribution < -0.4 is 0 Å². The van der Waals surface area contributed by atoms with Crippen molar-refractivity contribution in [1.29, 1.82) is 0 Å². The number of aromatic nitrogens is 7. The van der Waals surface area contributed by atoms with E-state index in [0.717, 1.165) is 28.1 Å². The van der Waals surface area contributed by atoms with E-state index in [0.29, 0.717) is 18.8 Å². The summed E-state index contributed by atoms with van der Waals surface area (Å²) in [7, 11) is 0. The molecule has 33 heavy (non-hydrogen) atoms. The zero-order valence-electron chi connectivity index (χ0n) is 18.9. The van der Waals surface area contributed by atoms with E-state index >= 15 is 0 Å². The van der Waals surface area contributed by atoms with Crippen molar-refractivity contribution in [2.24, 2.45) is 5.41 Å². The summed E-state index contributed by atoms with van der Waals surface area (Å²) in [6.45, 7) is 6.88. The number of benzene rings is 2. The summed E-state index contributed by atoms with van der Waals surface area (Å²) in [5.41, 5.74) is 3.96. The minimum Gasteiger partial charge on any atom is -0.481 e. The quantitative estimate of drug-likeness (QED) is 0.417. The number of rotatable bonds is 8. The van der Waals surface area contributed by atoms with Gasteiger partial charge >= 0.3 is 5.97 Å². The van der Waals surface area contributed by atoms with Crippen LogP contribution in [-0.4, -0.2) is 46.5 Å². The number of nitrogens with zero attached hydrogens (tertiary/aromatic N) is 6. The fourth-order valence-corrected chi connectivity index (χ4v) is 4.06. The van der Waals surface area contributed by atoms with E-state index in [9.17, 15) is 9.90 Å². The first kappa shape index (κ1) is 22.3. The van der Waals surface area contributed by atoms with Gasteiger partial charge in [0.05, 0.1) is 6.54 Å². The number of tetrazole rings is 1. The van der Waals surface area contributed by atoms with Crippen LogP contribution in [0.5, 0.6) is 0 Å². The number of aromatic amines is 1. The Morgan fingerprint density at radius 2 is 1.82 bits per heavy atom. The van der Waals surface area contributed by atoms with Crippen molar-refractivity contribution in [2.45, 2.75) is 46.1 Å². The van der Waals surface area contributed by atoms with Crippen LogP contribution in [0.15, 0.2) is 54.9 Å². The number of nitrogens with one attached hydrogen (secondary N) is 1. The third-order valence-corrected chi connectivity index (χ3v) is 5.77. The molecule has 0 aliphatic rings. The molecule has 4 rings (SSSR count). The molecule has 2 aromatic carbocycles. The summed E-state index contributed by atoms with van der Waals surface area (Å²) in [4.78, 5) is 15.7. The Kier molecular flexibility index (Phi) is 6.30. The normalized spacial score (nSPS) is 12.6. The monoisotopic (exact) mass is 445 g/mol. The molecule has 2 aromatic heterocycles. The molecular formula is C24H27N7O2. The van der Waals surface area contributed by atoms with E-state index in [1.165, 1.54) is 0 Å². The molecule has 0 saturated heterocycles. The molecule has 2 heterocycles. The van der Waals surface area contributed by atoms with E-state index in [-0.39, 0.29) is 17.8 Å². The number of H-pyrrole nitrogens is 1. The molecule has 0 saturated carbocycles. The van der Waals surface area contributed by atoms with Crippen molar-refractivity contribution in [3.63, 3.8) is 0 Å². The average Bonchev–Trinajstić information content (AvgIpc) is 3.46. The Bertz CT molecular complexity index is 1210. The summed E-state index contributed by atoms with van der Waals surface area (Å²) in [5, 5.41) is 27.8. The number of carboxylic acids is 1. The molecule has 0 aliphatic heterocycles. The van der Waals surface area contributed by atoms with Gasteiger partial charge in [0.25, 0.3) is 0 Å². The molecule has 4 aromatic rings. The van der Waals surface area contributed by atoms with Crippen LogP contribution in [0.4, 0.5) is 0 Å². The molecule has 1 atom stereocenters. The highest BCUT2D eigenvalue weighted by atomic mass is 16.4. The number of carboxylic acid groups (broad SMARTS) is 1. The van der Waals surface area contributed by atoms with Gasteiger partial charge in [-0.3, -0.25) is 4.79 Å². The molecule has 1 unspecified atom stereocenters. The Hall–Kier alpha value is -3.88. The molecule has 0 spiro atoms. The van der Waals surface area contributed by atoms with Gasteiger partial charge in [0, 0.05) is 17.9 Å². The van der Waals surface area contributed by atoms with Crippen LogP contribution in [-0.2, 0) is 11.3 Å². The number of carbonyl (C=O) groups is 1. The summed E-state index contributed by atoms with van der Waals surface area (Å²) in [6, 6.07) is 16.2. The highest BCUT2D eigenvalue weighted by Crippen LogP contribution is 2.37. The lowest BCUT2D eigenvalue weighted by molar-refractivity contribution is -0.137. The highest BCUT2D eigenvalue weighted by Gasteiger charge is 2.30. The zero-order valence-corrected chi connectivity index (χ0v) is 18.9. The Balaban J connectivity index is 1.57. The second-order valence-electron chi connectivity index (χ2n) is 9.12. The summed E-state index contributed by atoms with van der Waals surface area (Å²) in [5.74, 6) is 0.623. The summed E-state index contributed by atoms with van der Waals surface area (Å²) in [6.07, 6.45) is 2.16. The lowest BCUT2D eigenvalue weighted by atomic mass is 9.77. The molecular weight excluding hydrogens is 418 g/mol. The van der Waals surface area contributed by atoms with Crippen LogP contribution in [0.25, 0.3) is 22.5 Å². The molecule has 0 amide bonds. The average molecular weight is 446 g/mol.